The molecule has 82 valence electrons. The average molecular weight is 216 g/mol. The number of aromatic amines is 1. The van der Waals surface area contributed by atoms with Gasteiger partial charge in [-0.3, -0.25) is 9.79 Å². The number of fused-ring (bicyclic) bond motifs is 1. The maximum absolute atomic E-state index is 11.6. The van der Waals surface area contributed by atoms with Crippen LogP contribution in [0.15, 0.2) is 34.1 Å². The number of aliphatic imine (C=N–C) groups is 1. The summed E-state index contributed by atoms with van der Waals surface area (Å²) in [5, 5.41) is 0.925. The molecule has 4 nitrogen and oxygen atoms in total. The topological polar surface area (TPSA) is 54.4 Å². The quantitative estimate of drug-likeness (QED) is 0.775. The maximum Gasteiger partial charge on any atom is 0.257 e. The van der Waals surface area contributed by atoms with Gasteiger partial charge < -0.3 is 9.72 Å². The van der Waals surface area contributed by atoms with Gasteiger partial charge in [-0.05, 0) is 24.3 Å². The molecule has 1 heterocycles. The SMILES string of the molecule is CN=Cc1cc2cc(OC)ccc2[nH]c1=O. The third-order valence-corrected chi connectivity index (χ3v) is 2.35. The lowest BCUT2D eigenvalue weighted by atomic mass is 10.1. The minimum atomic E-state index is -0.136. The normalized spacial score (nSPS) is 11.1. The first-order chi connectivity index (χ1) is 7.74. The molecule has 0 saturated carbocycles. The van der Waals surface area contributed by atoms with E-state index < -0.39 is 0 Å². The van der Waals surface area contributed by atoms with Crippen molar-refractivity contribution in [1.29, 1.82) is 0 Å². The van der Waals surface area contributed by atoms with Gasteiger partial charge in [0.1, 0.15) is 5.75 Å². The zero-order valence-electron chi connectivity index (χ0n) is 9.15. The Labute approximate surface area is 92.6 Å². The number of nitrogens with zero attached hydrogens (tertiary/aromatic N) is 1. The van der Waals surface area contributed by atoms with Crippen LogP contribution in [0.5, 0.6) is 5.75 Å². The van der Waals surface area contributed by atoms with E-state index in [4.69, 9.17) is 4.74 Å². The van der Waals surface area contributed by atoms with Gasteiger partial charge in [0.2, 0.25) is 0 Å². The first-order valence-electron chi connectivity index (χ1n) is 4.88. The van der Waals surface area contributed by atoms with E-state index in [0.29, 0.717) is 5.56 Å². The van der Waals surface area contributed by atoms with Crippen molar-refractivity contribution >= 4 is 17.1 Å². The smallest absolute Gasteiger partial charge is 0.257 e. The van der Waals surface area contributed by atoms with Crippen molar-refractivity contribution in [2.45, 2.75) is 0 Å². The first kappa shape index (κ1) is 10.4. The van der Waals surface area contributed by atoms with Crippen molar-refractivity contribution in [3.05, 3.63) is 40.2 Å². The second-order valence-electron chi connectivity index (χ2n) is 3.39. The number of hydrogen-bond donors (Lipinski definition) is 1. The summed E-state index contributed by atoms with van der Waals surface area (Å²) in [7, 11) is 3.25. The van der Waals surface area contributed by atoms with Crippen LogP contribution in [0, 0.1) is 0 Å². The summed E-state index contributed by atoms with van der Waals surface area (Å²) in [5.41, 5.74) is 1.20. The number of benzene rings is 1. The molecular formula is C12H12N2O2. The van der Waals surface area contributed by atoms with Crippen molar-refractivity contribution in [2.75, 3.05) is 14.2 Å². The minimum Gasteiger partial charge on any atom is -0.497 e. The number of methoxy groups -OCH3 is 1. The Bertz CT molecular complexity index is 599. The van der Waals surface area contributed by atoms with Crippen LogP contribution >= 0.6 is 0 Å². The highest BCUT2D eigenvalue weighted by molar-refractivity contribution is 5.88. The summed E-state index contributed by atoms with van der Waals surface area (Å²) in [6.45, 7) is 0. The van der Waals surface area contributed by atoms with Crippen molar-refractivity contribution < 1.29 is 4.74 Å². The first-order valence-corrected chi connectivity index (χ1v) is 4.88. The molecule has 1 N–H and O–H groups in total. The summed E-state index contributed by atoms with van der Waals surface area (Å²) in [6.07, 6.45) is 1.54. The van der Waals surface area contributed by atoms with E-state index in [9.17, 15) is 4.79 Å². The molecule has 0 atom stereocenters. The van der Waals surface area contributed by atoms with Gasteiger partial charge in [-0.25, -0.2) is 0 Å². The molecule has 0 aliphatic heterocycles. The number of nitrogens with one attached hydrogen (secondary N) is 1. The molecule has 2 aromatic rings. The number of rotatable bonds is 2. The fourth-order valence-corrected chi connectivity index (χ4v) is 1.56. The highest BCUT2D eigenvalue weighted by atomic mass is 16.5. The lowest BCUT2D eigenvalue weighted by molar-refractivity contribution is 0.415. The molecule has 0 radical (unpaired) electrons. The highest BCUT2D eigenvalue weighted by Crippen LogP contribution is 2.18. The van der Waals surface area contributed by atoms with E-state index in [1.54, 1.807) is 20.2 Å². The van der Waals surface area contributed by atoms with Gasteiger partial charge in [0, 0.05) is 24.2 Å². The molecule has 0 fully saturated rings. The fourth-order valence-electron chi connectivity index (χ4n) is 1.56. The van der Waals surface area contributed by atoms with Gasteiger partial charge in [0.25, 0.3) is 5.56 Å². The van der Waals surface area contributed by atoms with Crippen LogP contribution in [0.2, 0.25) is 0 Å². The van der Waals surface area contributed by atoms with E-state index in [1.807, 2.05) is 18.2 Å². The zero-order chi connectivity index (χ0) is 11.5. The number of aromatic nitrogens is 1. The summed E-state index contributed by atoms with van der Waals surface area (Å²) in [5.74, 6) is 0.763. The van der Waals surface area contributed by atoms with Gasteiger partial charge in [-0.15, -0.1) is 0 Å². The monoisotopic (exact) mass is 216 g/mol. The van der Waals surface area contributed by atoms with Gasteiger partial charge >= 0.3 is 0 Å². The van der Waals surface area contributed by atoms with E-state index in [2.05, 4.69) is 9.98 Å². The van der Waals surface area contributed by atoms with Gasteiger partial charge in [0.05, 0.1) is 12.7 Å². The molecule has 2 rings (SSSR count). The molecule has 4 heteroatoms. The predicted molar refractivity (Wildman–Crippen MR) is 64.6 cm³/mol. The molecule has 0 aliphatic carbocycles. The van der Waals surface area contributed by atoms with Crippen LogP contribution in [0.3, 0.4) is 0 Å². The summed E-state index contributed by atoms with van der Waals surface area (Å²) in [4.78, 5) is 18.2. The van der Waals surface area contributed by atoms with Crippen LogP contribution in [-0.4, -0.2) is 25.4 Å². The van der Waals surface area contributed by atoms with Crippen molar-refractivity contribution in [3.8, 4) is 5.75 Å². The zero-order valence-corrected chi connectivity index (χ0v) is 9.15. The maximum atomic E-state index is 11.6. The lowest BCUT2D eigenvalue weighted by Crippen LogP contribution is -2.11. The highest BCUT2D eigenvalue weighted by Gasteiger charge is 2.01. The number of ether oxygens (including phenoxy) is 1. The van der Waals surface area contributed by atoms with Crippen molar-refractivity contribution in [3.63, 3.8) is 0 Å². The molecule has 0 saturated heterocycles. The van der Waals surface area contributed by atoms with Crippen LogP contribution < -0.4 is 10.3 Å². The second-order valence-corrected chi connectivity index (χ2v) is 3.39. The molecule has 0 spiro atoms. The lowest BCUT2D eigenvalue weighted by Gasteiger charge is -2.02. The van der Waals surface area contributed by atoms with Crippen LogP contribution in [0.1, 0.15) is 5.56 Å². The molecule has 1 aromatic heterocycles. The van der Waals surface area contributed by atoms with Crippen LogP contribution in [0.25, 0.3) is 10.9 Å². The average Bonchev–Trinajstić information content (AvgIpc) is 2.30. The van der Waals surface area contributed by atoms with Crippen molar-refractivity contribution in [1.82, 2.24) is 4.98 Å². The molecule has 1 aromatic carbocycles. The number of hydrogen-bond acceptors (Lipinski definition) is 3. The Balaban J connectivity index is 2.70. The minimum absolute atomic E-state index is 0.136. The van der Waals surface area contributed by atoms with Gasteiger partial charge in [0.15, 0.2) is 0 Å². The Morgan fingerprint density at radius 3 is 2.88 bits per heavy atom. The molecule has 0 aliphatic rings. The summed E-state index contributed by atoms with van der Waals surface area (Å²) in [6, 6.07) is 7.30. The van der Waals surface area contributed by atoms with Crippen LogP contribution in [0.4, 0.5) is 0 Å². The Kier molecular flexibility index (Phi) is 2.72. The third-order valence-electron chi connectivity index (χ3n) is 2.35. The predicted octanol–water partition coefficient (Wildman–Crippen LogP) is 1.59. The Hall–Kier alpha value is -2.10. The third kappa shape index (κ3) is 1.82. The standard InChI is InChI=1S/C12H12N2O2/c1-13-7-9-5-8-6-10(16-2)3-4-11(8)14-12(9)15/h3-7H,1-2H3,(H,14,15). The van der Waals surface area contributed by atoms with E-state index in [0.717, 1.165) is 16.7 Å². The molecule has 0 bridgehead atoms. The van der Waals surface area contributed by atoms with E-state index in [-0.39, 0.29) is 5.56 Å². The molecule has 16 heavy (non-hydrogen) atoms. The Morgan fingerprint density at radius 1 is 1.38 bits per heavy atom. The Morgan fingerprint density at radius 2 is 2.19 bits per heavy atom. The van der Waals surface area contributed by atoms with Gasteiger partial charge in [-0.1, -0.05) is 0 Å². The molecule has 0 amide bonds. The fraction of sp³-hybridized carbons (Fsp3) is 0.167. The number of pyridine rings is 1. The number of H-pyrrole nitrogens is 1. The van der Waals surface area contributed by atoms with E-state index in [1.165, 1.54) is 6.21 Å². The van der Waals surface area contributed by atoms with Crippen LogP contribution in [-0.2, 0) is 0 Å². The van der Waals surface area contributed by atoms with Gasteiger partial charge in [-0.2, -0.15) is 0 Å². The summed E-state index contributed by atoms with van der Waals surface area (Å²) < 4.78 is 5.13. The van der Waals surface area contributed by atoms with Crippen molar-refractivity contribution in [2.24, 2.45) is 4.99 Å². The van der Waals surface area contributed by atoms with E-state index >= 15 is 0 Å². The second kappa shape index (κ2) is 4.18. The summed E-state index contributed by atoms with van der Waals surface area (Å²) >= 11 is 0. The molecule has 0 unspecified atom stereocenters. The molecular weight excluding hydrogens is 204 g/mol. The largest absolute Gasteiger partial charge is 0.497 e.